The van der Waals surface area contributed by atoms with Crippen molar-refractivity contribution >= 4 is 27.5 Å². The monoisotopic (exact) mass is 354 g/mol. The number of sulfone groups is 1. The SMILES string of the molecule is O=C(C1CSCN1)N1CCCC(CS(=O)(=O)c2ccccc2)C1. The van der Waals surface area contributed by atoms with Crippen molar-refractivity contribution in [3.05, 3.63) is 30.3 Å². The third-order valence-electron chi connectivity index (χ3n) is 4.40. The first-order chi connectivity index (χ1) is 11.1. The Morgan fingerprint density at radius 1 is 1.30 bits per heavy atom. The molecule has 126 valence electrons. The van der Waals surface area contributed by atoms with Crippen LogP contribution in [0, 0.1) is 5.92 Å². The van der Waals surface area contributed by atoms with Crippen LogP contribution in [-0.4, -0.2) is 55.7 Å². The average Bonchev–Trinajstić information content (AvgIpc) is 3.09. The number of amides is 1. The molecule has 2 unspecified atom stereocenters. The molecule has 0 radical (unpaired) electrons. The van der Waals surface area contributed by atoms with E-state index < -0.39 is 9.84 Å². The lowest BCUT2D eigenvalue weighted by atomic mass is 9.99. The van der Waals surface area contributed by atoms with Gasteiger partial charge in [-0.1, -0.05) is 18.2 Å². The molecule has 2 atom stereocenters. The predicted molar refractivity (Wildman–Crippen MR) is 92.0 cm³/mol. The van der Waals surface area contributed by atoms with Crippen molar-refractivity contribution in [3.8, 4) is 0 Å². The molecule has 0 saturated carbocycles. The van der Waals surface area contributed by atoms with Crippen LogP contribution in [0.2, 0.25) is 0 Å². The Hall–Kier alpha value is -1.05. The van der Waals surface area contributed by atoms with Crippen LogP contribution in [0.4, 0.5) is 0 Å². The summed E-state index contributed by atoms with van der Waals surface area (Å²) in [6.45, 7) is 1.29. The summed E-state index contributed by atoms with van der Waals surface area (Å²) in [7, 11) is -3.29. The van der Waals surface area contributed by atoms with Gasteiger partial charge in [0, 0.05) is 24.7 Å². The molecule has 0 aliphatic carbocycles. The fraction of sp³-hybridized carbons (Fsp3) is 0.562. The first-order valence-corrected chi connectivity index (χ1v) is 10.7. The minimum absolute atomic E-state index is 0.0203. The first-order valence-electron chi connectivity index (χ1n) is 7.94. The minimum atomic E-state index is -3.29. The van der Waals surface area contributed by atoms with Gasteiger partial charge in [-0.3, -0.25) is 10.1 Å². The van der Waals surface area contributed by atoms with Gasteiger partial charge in [-0.25, -0.2) is 8.42 Å². The predicted octanol–water partition coefficient (Wildman–Crippen LogP) is 1.36. The van der Waals surface area contributed by atoms with Crippen molar-refractivity contribution < 1.29 is 13.2 Å². The Bertz CT molecular complexity index is 643. The van der Waals surface area contributed by atoms with Crippen LogP contribution in [0.5, 0.6) is 0 Å². The summed E-state index contributed by atoms with van der Waals surface area (Å²) in [4.78, 5) is 14.7. The molecule has 1 N–H and O–H groups in total. The summed E-state index contributed by atoms with van der Waals surface area (Å²) in [6.07, 6.45) is 1.74. The molecule has 1 aromatic rings. The summed E-state index contributed by atoms with van der Waals surface area (Å²) in [5, 5.41) is 3.20. The van der Waals surface area contributed by atoms with Gasteiger partial charge in [0.25, 0.3) is 0 Å². The number of nitrogens with zero attached hydrogens (tertiary/aromatic N) is 1. The number of thioether (sulfide) groups is 1. The Kier molecular flexibility index (Phi) is 5.28. The lowest BCUT2D eigenvalue weighted by molar-refractivity contribution is -0.134. The average molecular weight is 354 g/mol. The van der Waals surface area contributed by atoms with E-state index in [4.69, 9.17) is 0 Å². The topological polar surface area (TPSA) is 66.5 Å². The smallest absolute Gasteiger partial charge is 0.240 e. The molecule has 0 spiro atoms. The first kappa shape index (κ1) is 16.8. The highest BCUT2D eigenvalue weighted by molar-refractivity contribution is 7.99. The maximum Gasteiger partial charge on any atom is 0.240 e. The Morgan fingerprint density at radius 2 is 2.09 bits per heavy atom. The highest BCUT2D eigenvalue weighted by Gasteiger charge is 2.32. The van der Waals surface area contributed by atoms with Gasteiger partial charge in [0.15, 0.2) is 9.84 Å². The fourth-order valence-corrected chi connectivity index (χ4v) is 5.80. The summed E-state index contributed by atoms with van der Waals surface area (Å²) in [5.41, 5.74) is 0. The molecule has 1 aromatic carbocycles. The van der Waals surface area contributed by atoms with E-state index in [2.05, 4.69) is 5.32 Å². The van der Waals surface area contributed by atoms with E-state index in [9.17, 15) is 13.2 Å². The molecule has 2 aliphatic heterocycles. The molecule has 5 nitrogen and oxygen atoms in total. The summed E-state index contributed by atoms with van der Waals surface area (Å²) >= 11 is 1.73. The summed E-state index contributed by atoms with van der Waals surface area (Å²) in [6, 6.07) is 8.47. The van der Waals surface area contributed by atoms with Crippen molar-refractivity contribution in [2.75, 3.05) is 30.5 Å². The molecular formula is C16H22N2O3S2. The van der Waals surface area contributed by atoms with Crippen LogP contribution in [0.1, 0.15) is 12.8 Å². The largest absolute Gasteiger partial charge is 0.341 e. The van der Waals surface area contributed by atoms with Crippen LogP contribution >= 0.6 is 11.8 Å². The molecule has 7 heteroatoms. The zero-order valence-electron chi connectivity index (χ0n) is 13.0. The Morgan fingerprint density at radius 3 is 2.78 bits per heavy atom. The van der Waals surface area contributed by atoms with E-state index in [0.29, 0.717) is 11.4 Å². The van der Waals surface area contributed by atoms with Crippen molar-refractivity contribution in [2.24, 2.45) is 5.92 Å². The zero-order valence-corrected chi connectivity index (χ0v) is 14.6. The molecule has 2 heterocycles. The Balaban J connectivity index is 1.63. The molecule has 3 rings (SSSR count). The molecule has 1 amide bonds. The van der Waals surface area contributed by atoms with Gasteiger partial charge in [0.2, 0.25) is 5.91 Å². The van der Waals surface area contributed by atoms with E-state index >= 15 is 0 Å². The molecule has 2 aliphatic rings. The number of rotatable bonds is 4. The second-order valence-electron chi connectivity index (χ2n) is 6.16. The van der Waals surface area contributed by atoms with E-state index in [1.165, 1.54) is 0 Å². The van der Waals surface area contributed by atoms with Crippen molar-refractivity contribution in [1.29, 1.82) is 0 Å². The van der Waals surface area contributed by atoms with Gasteiger partial charge in [0.1, 0.15) is 0 Å². The number of benzene rings is 1. The highest BCUT2D eigenvalue weighted by atomic mass is 32.2. The number of piperidine rings is 1. The quantitative estimate of drug-likeness (QED) is 0.884. The van der Waals surface area contributed by atoms with Gasteiger partial charge in [-0.15, -0.1) is 11.8 Å². The minimum Gasteiger partial charge on any atom is -0.341 e. The number of hydrogen-bond acceptors (Lipinski definition) is 5. The third kappa shape index (κ3) is 4.08. The lowest BCUT2D eigenvalue weighted by Gasteiger charge is -2.34. The molecule has 2 fully saturated rings. The second kappa shape index (κ2) is 7.23. The number of nitrogens with one attached hydrogen (secondary N) is 1. The maximum absolute atomic E-state index is 12.5. The van der Waals surface area contributed by atoms with Crippen LogP contribution in [0.3, 0.4) is 0 Å². The molecular weight excluding hydrogens is 332 g/mol. The second-order valence-corrected chi connectivity index (χ2v) is 9.22. The van der Waals surface area contributed by atoms with Gasteiger partial charge >= 0.3 is 0 Å². The number of hydrogen-bond donors (Lipinski definition) is 1. The van der Waals surface area contributed by atoms with E-state index in [0.717, 1.165) is 31.0 Å². The van der Waals surface area contributed by atoms with E-state index in [1.54, 1.807) is 36.0 Å². The van der Waals surface area contributed by atoms with Crippen LogP contribution < -0.4 is 5.32 Å². The number of carbonyl (C=O) groups is 1. The number of likely N-dealkylation sites (tertiary alicyclic amines) is 1. The van der Waals surface area contributed by atoms with E-state index in [1.807, 2.05) is 11.0 Å². The third-order valence-corrected chi connectivity index (χ3v) is 7.24. The standard InChI is InChI=1S/C16H22N2O3S2/c19-16(15-10-22-12-17-15)18-8-4-5-13(9-18)11-23(20,21)14-6-2-1-3-7-14/h1-3,6-7,13,15,17H,4-5,8-12H2. The molecule has 0 aromatic heterocycles. The normalized spacial score (nSPS) is 25.5. The highest BCUT2D eigenvalue weighted by Crippen LogP contribution is 2.23. The van der Waals surface area contributed by atoms with Crippen LogP contribution in [0.15, 0.2) is 35.2 Å². The van der Waals surface area contributed by atoms with Crippen LogP contribution in [0.25, 0.3) is 0 Å². The van der Waals surface area contributed by atoms with Gasteiger partial charge in [-0.05, 0) is 30.9 Å². The van der Waals surface area contributed by atoms with Gasteiger partial charge in [-0.2, -0.15) is 0 Å². The molecule has 2 saturated heterocycles. The summed E-state index contributed by atoms with van der Waals surface area (Å²) in [5.74, 6) is 1.88. The lowest BCUT2D eigenvalue weighted by Crippen LogP contribution is -2.49. The molecule has 23 heavy (non-hydrogen) atoms. The van der Waals surface area contributed by atoms with Gasteiger partial charge in [0.05, 0.1) is 16.7 Å². The number of carbonyl (C=O) groups excluding carboxylic acids is 1. The maximum atomic E-state index is 12.5. The van der Waals surface area contributed by atoms with Crippen molar-refractivity contribution in [3.63, 3.8) is 0 Å². The Labute approximate surface area is 141 Å². The fourth-order valence-electron chi connectivity index (χ4n) is 3.21. The van der Waals surface area contributed by atoms with Crippen molar-refractivity contribution in [1.82, 2.24) is 10.2 Å². The zero-order chi connectivity index (χ0) is 16.3. The van der Waals surface area contributed by atoms with Crippen molar-refractivity contribution in [2.45, 2.75) is 23.8 Å². The van der Waals surface area contributed by atoms with Crippen LogP contribution in [-0.2, 0) is 14.6 Å². The summed E-state index contributed by atoms with van der Waals surface area (Å²) < 4.78 is 25.0. The molecule has 0 bridgehead atoms. The van der Waals surface area contributed by atoms with E-state index in [-0.39, 0.29) is 23.6 Å². The van der Waals surface area contributed by atoms with Gasteiger partial charge < -0.3 is 4.90 Å².